The van der Waals surface area contributed by atoms with Gasteiger partial charge in [0.1, 0.15) is 23.4 Å². The van der Waals surface area contributed by atoms with Crippen LogP contribution in [0.3, 0.4) is 0 Å². The van der Waals surface area contributed by atoms with Crippen LogP contribution in [0.2, 0.25) is 0 Å². The van der Waals surface area contributed by atoms with Gasteiger partial charge >= 0.3 is 0 Å². The largest absolute Gasteiger partial charge is 0.504 e. The fourth-order valence-electron chi connectivity index (χ4n) is 6.04. The predicted molar refractivity (Wildman–Crippen MR) is 133 cm³/mol. The van der Waals surface area contributed by atoms with Crippen molar-refractivity contribution in [1.82, 2.24) is 5.32 Å². The molecule has 2 aliphatic rings. The number of carbonyl (C=O) groups excluding carboxylic acids is 1. The Morgan fingerprint density at radius 3 is 2.27 bits per heavy atom. The summed E-state index contributed by atoms with van der Waals surface area (Å²) in [6, 6.07) is 16.9. The number of phenols is 1. The van der Waals surface area contributed by atoms with Gasteiger partial charge in [-0.25, -0.2) is 0 Å². The van der Waals surface area contributed by atoms with Gasteiger partial charge in [0, 0.05) is 30.7 Å². The van der Waals surface area contributed by atoms with E-state index < -0.39 is 35.0 Å². The molecule has 37 heavy (non-hydrogen) atoms. The van der Waals surface area contributed by atoms with Crippen molar-refractivity contribution in [1.29, 1.82) is 0 Å². The molecular weight excluding hydrogens is 478 g/mol. The molecule has 9 nitrogen and oxygen atoms in total. The Kier molecular flexibility index (Phi) is 5.92. The highest BCUT2D eigenvalue weighted by Crippen LogP contribution is 2.70. The molecule has 3 aromatic carbocycles. The second-order valence-electron chi connectivity index (χ2n) is 9.17. The minimum absolute atomic E-state index is 0.186. The summed E-state index contributed by atoms with van der Waals surface area (Å²) in [6.45, 7) is 0. The molecule has 1 heterocycles. The van der Waals surface area contributed by atoms with E-state index in [1.165, 1.54) is 34.4 Å². The van der Waals surface area contributed by atoms with Crippen LogP contribution < -0.4 is 24.3 Å². The number of phenolic OH excluding ortho intramolecular Hbond substituents is 1. The highest BCUT2D eigenvalue weighted by Gasteiger charge is 2.78. The first-order valence-corrected chi connectivity index (χ1v) is 11.8. The summed E-state index contributed by atoms with van der Waals surface area (Å²) in [4.78, 5) is 13.3. The van der Waals surface area contributed by atoms with Crippen LogP contribution in [-0.2, 0) is 16.0 Å². The fourth-order valence-corrected chi connectivity index (χ4v) is 6.04. The van der Waals surface area contributed by atoms with E-state index in [1.54, 1.807) is 24.3 Å². The third-order valence-corrected chi connectivity index (χ3v) is 7.59. The van der Waals surface area contributed by atoms with Gasteiger partial charge in [-0.2, -0.15) is 0 Å². The highest BCUT2D eigenvalue weighted by atomic mass is 16.5. The normalized spacial score (nSPS) is 27.6. The first-order chi connectivity index (χ1) is 17.8. The fraction of sp³-hybridized carbons (Fsp3) is 0.321. The van der Waals surface area contributed by atoms with Gasteiger partial charge in [0.25, 0.3) is 0 Å². The Bertz CT molecular complexity index is 1350. The van der Waals surface area contributed by atoms with Crippen LogP contribution in [0.5, 0.6) is 28.7 Å². The molecule has 4 N–H and O–H groups in total. The van der Waals surface area contributed by atoms with Crippen molar-refractivity contribution in [3.8, 4) is 28.7 Å². The van der Waals surface area contributed by atoms with Gasteiger partial charge in [-0.1, -0.05) is 36.4 Å². The lowest BCUT2D eigenvalue weighted by molar-refractivity contribution is -0.154. The molecule has 1 saturated carbocycles. The molecule has 1 aliphatic carbocycles. The molecule has 0 saturated heterocycles. The maximum absolute atomic E-state index is 13.3. The molecule has 0 aromatic heterocycles. The zero-order valence-electron chi connectivity index (χ0n) is 20.9. The molecule has 5 rings (SSSR count). The third kappa shape index (κ3) is 3.20. The number of nitrogens with one attached hydrogen (secondary N) is 1. The number of aliphatic hydroxyl groups excluding tert-OH is 1. The summed E-state index contributed by atoms with van der Waals surface area (Å²) < 4.78 is 23.0. The molecule has 1 amide bonds. The number of benzene rings is 3. The highest BCUT2D eigenvalue weighted by molar-refractivity contribution is 5.83. The van der Waals surface area contributed by atoms with E-state index in [2.05, 4.69) is 5.32 Å². The van der Waals surface area contributed by atoms with E-state index in [0.29, 0.717) is 16.9 Å². The monoisotopic (exact) mass is 507 g/mol. The van der Waals surface area contributed by atoms with Crippen molar-refractivity contribution in [2.24, 2.45) is 5.92 Å². The van der Waals surface area contributed by atoms with Gasteiger partial charge in [0.05, 0.1) is 32.8 Å². The van der Waals surface area contributed by atoms with Crippen LogP contribution in [0.4, 0.5) is 0 Å². The predicted octanol–water partition coefficient (Wildman–Crippen LogP) is 2.41. The average Bonchev–Trinajstić information content (AvgIpc) is 3.30. The molecule has 5 atom stereocenters. The van der Waals surface area contributed by atoms with Crippen molar-refractivity contribution in [2.75, 3.05) is 28.4 Å². The molecule has 0 spiro atoms. The number of aliphatic hydroxyl groups is 2. The number of carbonyl (C=O) groups is 1. The summed E-state index contributed by atoms with van der Waals surface area (Å²) in [7, 11) is 5.83. The zero-order valence-corrected chi connectivity index (χ0v) is 20.9. The standard InChI is InChI=1S/C28H29NO8/c1-29-26(32)22-23(15-8-6-5-7-9-15)28(16-10-11-19(35-3)18(30)12-16)27(33,25(22)31)24-20(36-4)13-17(34-2)14-21(24)37-28/h5-14,22-23,25,30-31,33H,1-4H3,(H,29,32). The maximum atomic E-state index is 13.3. The minimum Gasteiger partial charge on any atom is -0.504 e. The molecule has 9 heteroatoms. The van der Waals surface area contributed by atoms with E-state index in [4.69, 9.17) is 18.9 Å². The zero-order chi connectivity index (χ0) is 26.5. The van der Waals surface area contributed by atoms with Crippen LogP contribution in [0.15, 0.2) is 60.7 Å². The lowest BCUT2D eigenvalue weighted by Gasteiger charge is -2.41. The number of fused-ring (bicyclic) bond motifs is 3. The van der Waals surface area contributed by atoms with Crippen LogP contribution in [0.1, 0.15) is 22.6 Å². The summed E-state index contributed by atoms with van der Waals surface area (Å²) in [5.41, 5.74) is -2.74. The lowest BCUT2D eigenvalue weighted by Crippen LogP contribution is -2.52. The summed E-state index contributed by atoms with van der Waals surface area (Å²) in [6.07, 6.45) is -1.62. The van der Waals surface area contributed by atoms with E-state index >= 15 is 0 Å². The molecule has 194 valence electrons. The maximum Gasteiger partial charge on any atom is 0.226 e. The van der Waals surface area contributed by atoms with Crippen LogP contribution in [-0.4, -0.2) is 55.7 Å². The molecule has 3 aromatic rings. The van der Waals surface area contributed by atoms with Crippen molar-refractivity contribution in [3.63, 3.8) is 0 Å². The van der Waals surface area contributed by atoms with Gasteiger partial charge in [0.15, 0.2) is 22.7 Å². The number of aromatic hydroxyl groups is 1. The smallest absolute Gasteiger partial charge is 0.226 e. The quantitative estimate of drug-likeness (QED) is 0.401. The number of hydrogen-bond acceptors (Lipinski definition) is 8. The van der Waals surface area contributed by atoms with Crippen molar-refractivity contribution < 1.29 is 39.1 Å². The molecule has 1 aliphatic heterocycles. The number of ether oxygens (including phenoxy) is 4. The molecule has 5 unspecified atom stereocenters. The number of methoxy groups -OCH3 is 3. The van der Waals surface area contributed by atoms with Crippen LogP contribution in [0, 0.1) is 5.92 Å². The Morgan fingerprint density at radius 1 is 0.973 bits per heavy atom. The molecular formula is C28H29NO8. The van der Waals surface area contributed by atoms with E-state index in [9.17, 15) is 20.1 Å². The van der Waals surface area contributed by atoms with Crippen molar-refractivity contribution in [3.05, 3.63) is 77.4 Å². The number of amides is 1. The minimum atomic E-state index is -2.17. The molecule has 0 radical (unpaired) electrons. The number of rotatable bonds is 6. The third-order valence-electron chi connectivity index (χ3n) is 7.59. The van der Waals surface area contributed by atoms with Crippen molar-refractivity contribution >= 4 is 5.91 Å². The SMILES string of the molecule is CNC(=O)C1C(O)C2(O)c3c(OC)cc(OC)cc3OC2(c2ccc(OC)c(O)c2)C1c1ccccc1. The second kappa shape index (κ2) is 8.86. The van der Waals surface area contributed by atoms with E-state index in [0.717, 1.165) is 0 Å². The Balaban J connectivity index is 1.90. The van der Waals surface area contributed by atoms with Gasteiger partial charge in [0.2, 0.25) is 5.91 Å². The molecule has 1 fully saturated rings. The second-order valence-corrected chi connectivity index (χ2v) is 9.17. The van der Waals surface area contributed by atoms with Gasteiger partial charge in [-0.3, -0.25) is 4.79 Å². The Morgan fingerprint density at radius 2 is 1.68 bits per heavy atom. The first-order valence-electron chi connectivity index (χ1n) is 11.8. The molecule has 0 bridgehead atoms. The van der Waals surface area contributed by atoms with Crippen LogP contribution >= 0.6 is 0 Å². The Hall–Kier alpha value is -3.95. The Labute approximate surface area is 214 Å². The average molecular weight is 508 g/mol. The van der Waals surface area contributed by atoms with Gasteiger partial charge < -0.3 is 39.6 Å². The summed E-state index contributed by atoms with van der Waals surface area (Å²) in [5, 5.41) is 38.0. The van der Waals surface area contributed by atoms with E-state index in [1.807, 2.05) is 30.3 Å². The number of hydrogen-bond donors (Lipinski definition) is 4. The van der Waals surface area contributed by atoms with Gasteiger partial charge in [-0.05, 0) is 17.7 Å². The first kappa shape index (κ1) is 24.7. The lowest BCUT2D eigenvalue weighted by atomic mass is 9.70. The van der Waals surface area contributed by atoms with Crippen LogP contribution in [0.25, 0.3) is 0 Å². The van der Waals surface area contributed by atoms with Gasteiger partial charge in [-0.15, -0.1) is 0 Å². The van der Waals surface area contributed by atoms with E-state index in [-0.39, 0.29) is 28.6 Å². The van der Waals surface area contributed by atoms with Crippen molar-refractivity contribution in [2.45, 2.75) is 23.2 Å². The summed E-state index contributed by atoms with van der Waals surface area (Å²) in [5.74, 6) is -1.59. The topological polar surface area (TPSA) is 127 Å². The summed E-state index contributed by atoms with van der Waals surface area (Å²) >= 11 is 0.